The number of hydrogen-bond donors (Lipinski definition) is 0. The molecule has 2 nitrogen and oxygen atoms in total. The highest BCUT2D eigenvalue weighted by Crippen LogP contribution is 2.39. The maximum absolute atomic E-state index is 5.16. The average Bonchev–Trinajstić information content (AvgIpc) is 3.40. The number of nitrogens with zero attached hydrogens (tertiary/aromatic N) is 2. The van der Waals surface area contributed by atoms with Gasteiger partial charge in [-0.15, -0.1) is 0 Å². The number of benzene rings is 7. The summed E-state index contributed by atoms with van der Waals surface area (Å²) in [6.07, 6.45) is 0. The van der Waals surface area contributed by atoms with Crippen LogP contribution in [0.5, 0.6) is 0 Å². The lowest BCUT2D eigenvalue weighted by atomic mass is 9.92. The van der Waals surface area contributed by atoms with Crippen LogP contribution in [0.2, 0.25) is 0 Å². The van der Waals surface area contributed by atoms with E-state index >= 15 is 0 Å². The van der Waals surface area contributed by atoms with Crippen LogP contribution in [0.25, 0.3) is 81.8 Å². The van der Waals surface area contributed by atoms with Crippen LogP contribution in [0.3, 0.4) is 0 Å². The molecule has 0 N–H and O–H groups in total. The van der Waals surface area contributed by atoms with Crippen LogP contribution >= 0.6 is 0 Å². The molecule has 0 aliphatic heterocycles. The molecule has 39 heavy (non-hydrogen) atoms. The number of para-hydroxylation sites is 2. The highest BCUT2D eigenvalue weighted by Gasteiger charge is 2.16. The minimum absolute atomic E-state index is 1.00. The zero-order valence-corrected chi connectivity index (χ0v) is 21.1. The van der Waals surface area contributed by atoms with Gasteiger partial charge < -0.3 is 0 Å². The van der Waals surface area contributed by atoms with Crippen LogP contribution in [0.15, 0.2) is 133 Å². The third-order valence-corrected chi connectivity index (χ3v) is 8.30. The number of pyridine rings is 1. The van der Waals surface area contributed by atoms with Crippen LogP contribution in [0.4, 0.5) is 0 Å². The molecule has 0 unspecified atom stereocenters. The molecule has 0 aliphatic carbocycles. The second-order valence-corrected chi connectivity index (χ2v) is 10.4. The average molecular weight is 495 g/mol. The van der Waals surface area contributed by atoms with Crippen LogP contribution < -0.4 is 0 Å². The number of hydrogen-bond acceptors (Lipinski definition) is 1. The van der Waals surface area contributed by atoms with Crippen molar-refractivity contribution in [2.45, 2.75) is 0 Å². The van der Waals surface area contributed by atoms with E-state index in [-0.39, 0.29) is 0 Å². The quantitative estimate of drug-likeness (QED) is 0.164. The van der Waals surface area contributed by atoms with Crippen molar-refractivity contribution in [3.8, 4) is 11.1 Å². The van der Waals surface area contributed by atoms with Crippen LogP contribution in [0.1, 0.15) is 0 Å². The van der Waals surface area contributed by atoms with Crippen LogP contribution in [0, 0.1) is 0 Å². The zero-order chi connectivity index (χ0) is 25.5. The first kappa shape index (κ1) is 20.8. The molecule has 7 aromatic carbocycles. The van der Waals surface area contributed by atoms with Crippen molar-refractivity contribution >= 4 is 70.7 Å². The molecule has 0 spiro atoms. The van der Waals surface area contributed by atoms with Gasteiger partial charge in [0.15, 0.2) is 0 Å². The summed E-state index contributed by atoms with van der Waals surface area (Å²) in [7, 11) is 0. The summed E-state index contributed by atoms with van der Waals surface area (Å²) in [5.74, 6) is 0. The van der Waals surface area contributed by atoms with Gasteiger partial charge in [-0.2, -0.15) is 0 Å². The summed E-state index contributed by atoms with van der Waals surface area (Å²) in [5.41, 5.74) is 6.79. The summed E-state index contributed by atoms with van der Waals surface area (Å²) < 4.78 is 2.36. The molecule has 0 radical (unpaired) electrons. The van der Waals surface area contributed by atoms with E-state index in [9.17, 15) is 0 Å². The van der Waals surface area contributed by atoms with Gasteiger partial charge in [-0.05, 0) is 85.2 Å². The number of imidazole rings is 1. The van der Waals surface area contributed by atoms with Crippen molar-refractivity contribution in [1.82, 2.24) is 9.38 Å². The smallest absolute Gasteiger partial charge is 0.146 e. The van der Waals surface area contributed by atoms with E-state index in [4.69, 9.17) is 4.98 Å². The first-order chi connectivity index (χ1) is 19.3. The number of aromatic nitrogens is 2. The Labute approximate surface area is 224 Å². The molecule has 0 saturated heterocycles. The van der Waals surface area contributed by atoms with Gasteiger partial charge in [0.05, 0.1) is 16.6 Å². The topological polar surface area (TPSA) is 17.3 Å². The maximum Gasteiger partial charge on any atom is 0.146 e. The predicted molar refractivity (Wildman–Crippen MR) is 166 cm³/mol. The van der Waals surface area contributed by atoms with Gasteiger partial charge in [0.25, 0.3) is 0 Å². The van der Waals surface area contributed by atoms with E-state index in [1.54, 1.807) is 0 Å². The van der Waals surface area contributed by atoms with Gasteiger partial charge >= 0.3 is 0 Å². The SMILES string of the molecule is c1ccc2cc3c(cc2c1)c1ccc(-c2cc4ccccc4c4ccccc24)cc1n1c2ccccc2nc31. The van der Waals surface area contributed by atoms with Gasteiger partial charge in [-0.1, -0.05) is 97.1 Å². The van der Waals surface area contributed by atoms with Crippen molar-refractivity contribution in [2.75, 3.05) is 0 Å². The van der Waals surface area contributed by atoms with E-state index in [1.807, 2.05) is 0 Å². The second-order valence-electron chi connectivity index (χ2n) is 10.4. The standard InChI is InChI=1S/C37H22N2/c1-2-10-24-20-33-32(19-23(24)9-1)30-18-17-26(22-36(30)39-35-16-8-7-15-34(35)38-37(33)39)31-21-25-11-3-4-12-27(25)28-13-5-6-14-29(28)31/h1-22H. The normalized spacial score (nSPS) is 12.1. The molecule has 0 aliphatic rings. The van der Waals surface area contributed by atoms with Crippen molar-refractivity contribution in [1.29, 1.82) is 0 Å². The molecule has 2 aromatic heterocycles. The van der Waals surface area contributed by atoms with Gasteiger partial charge in [0, 0.05) is 10.8 Å². The molecule has 0 amide bonds. The van der Waals surface area contributed by atoms with Crippen LogP contribution in [-0.2, 0) is 0 Å². The molecular weight excluding hydrogens is 472 g/mol. The third-order valence-electron chi connectivity index (χ3n) is 8.30. The molecule has 0 saturated carbocycles. The lowest BCUT2D eigenvalue weighted by molar-refractivity contribution is 1.32. The van der Waals surface area contributed by atoms with Gasteiger partial charge in [0.1, 0.15) is 5.65 Å². The number of rotatable bonds is 1. The lowest BCUT2D eigenvalue weighted by Crippen LogP contribution is -1.93. The van der Waals surface area contributed by atoms with E-state index < -0.39 is 0 Å². The molecular formula is C37H22N2. The van der Waals surface area contributed by atoms with Gasteiger partial charge in [0.2, 0.25) is 0 Å². The first-order valence-corrected chi connectivity index (χ1v) is 13.4. The summed E-state index contributed by atoms with van der Waals surface area (Å²) in [6, 6.07) is 48.5. The molecule has 9 rings (SSSR count). The Hall–Kier alpha value is -5.21. The van der Waals surface area contributed by atoms with E-state index in [0.717, 1.165) is 16.7 Å². The Bertz CT molecular complexity index is 2450. The lowest BCUT2D eigenvalue weighted by Gasteiger charge is -2.14. The third kappa shape index (κ3) is 2.89. The number of fused-ring (bicyclic) bond motifs is 12. The monoisotopic (exact) mass is 494 g/mol. The van der Waals surface area contributed by atoms with Gasteiger partial charge in [-0.25, -0.2) is 4.98 Å². The van der Waals surface area contributed by atoms with Crippen molar-refractivity contribution in [3.05, 3.63) is 133 Å². The van der Waals surface area contributed by atoms with E-state index in [1.165, 1.54) is 65.1 Å². The molecule has 2 heterocycles. The Kier molecular flexibility index (Phi) is 4.08. The maximum atomic E-state index is 5.16. The minimum Gasteiger partial charge on any atom is -0.292 e. The highest BCUT2D eigenvalue weighted by molar-refractivity contribution is 6.19. The van der Waals surface area contributed by atoms with E-state index in [0.29, 0.717) is 0 Å². The molecule has 0 atom stereocenters. The molecule has 0 bridgehead atoms. The Balaban J connectivity index is 1.47. The minimum atomic E-state index is 1.00. The fourth-order valence-electron chi connectivity index (χ4n) is 6.50. The highest BCUT2D eigenvalue weighted by atomic mass is 15.0. The fourth-order valence-corrected chi connectivity index (χ4v) is 6.50. The second kappa shape index (κ2) is 7.66. The Morgan fingerprint density at radius 2 is 1.08 bits per heavy atom. The van der Waals surface area contributed by atoms with E-state index in [2.05, 4.69) is 138 Å². The van der Waals surface area contributed by atoms with Crippen molar-refractivity contribution < 1.29 is 0 Å². The molecule has 2 heteroatoms. The zero-order valence-electron chi connectivity index (χ0n) is 21.1. The summed E-state index contributed by atoms with van der Waals surface area (Å²) >= 11 is 0. The molecule has 9 aromatic rings. The Morgan fingerprint density at radius 1 is 0.410 bits per heavy atom. The largest absolute Gasteiger partial charge is 0.292 e. The molecule has 0 fully saturated rings. The summed E-state index contributed by atoms with van der Waals surface area (Å²) in [6.45, 7) is 0. The van der Waals surface area contributed by atoms with Crippen molar-refractivity contribution in [2.24, 2.45) is 0 Å². The summed E-state index contributed by atoms with van der Waals surface area (Å²) in [4.78, 5) is 5.16. The Morgan fingerprint density at radius 3 is 1.92 bits per heavy atom. The van der Waals surface area contributed by atoms with Crippen LogP contribution in [-0.4, -0.2) is 9.38 Å². The van der Waals surface area contributed by atoms with Crippen molar-refractivity contribution in [3.63, 3.8) is 0 Å². The first-order valence-electron chi connectivity index (χ1n) is 13.4. The fraction of sp³-hybridized carbons (Fsp3) is 0. The molecule has 180 valence electrons. The predicted octanol–water partition coefficient (Wildman–Crippen LogP) is 9.92. The van der Waals surface area contributed by atoms with Gasteiger partial charge in [-0.3, -0.25) is 4.40 Å². The summed E-state index contributed by atoms with van der Waals surface area (Å²) in [5, 5.41) is 11.2.